The molecule has 1 N–H and O–H groups in total. The SMILES string of the molecule is [C-]#[N+]c1c(Br)c(CNC(=O)OC(C)(C)C)nn1C. The maximum absolute atomic E-state index is 11.5. The van der Waals surface area contributed by atoms with Crippen LogP contribution in [0.1, 0.15) is 26.5 Å². The van der Waals surface area contributed by atoms with E-state index in [2.05, 4.69) is 31.2 Å². The number of halogens is 1. The number of nitrogens with one attached hydrogen (secondary N) is 1. The highest BCUT2D eigenvalue weighted by atomic mass is 79.9. The molecule has 98 valence electrons. The van der Waals surface area contributed by atoms with Gasteiger partial charge in [0.25, 0.3) is 5.82 Å². The number of amides is 1. The van der Waals surface area contributed by atoms with Crippen LogP contribution >= 0.6 is 15.9 Å². The van der Waals surface area contributed by atoms with E-state index in [1.807, 2.05) is 0 Å². The van der Waals surface area contributed by atoms with Crippen molar-refractivity contribution in [3.63, 3.8) is 0 Å². The van der Waals surface area contributed by atoms with Crippen molar-refractivity contribution in [2.75, 3.05) is 0 Å². The van der Waals surface area contributed by atoms with Crippen LogP contribution in [0, 0.1) is 6.57 Å². The molecule has 1 aromatic rings. The molecule has 0 radical (unpaired) electrons. The van der Waals surface area contributed by atoms with Gasteiger partial charge in [-0.25, -0.2) is 4.79 Å². The predicted octanol–water partition coefficient (Wildman–Crippen LogP) is 2.76. The van der Waals surface area contributed by atoms with Crippen molar-refractivity contribution >= 4 is 27.8 Å². The number of hydrogen-bond acceptors (Lipinski definition) is 3. The Labute approximate surface area is 114 Å². The first-order valence-corrected chi connectivity index (χ1v) is 6.09. The fraction of sp³-hybridized carbons (Fsp3) is 0.545. The Hall–Kier alpha value is -1.55. The molecule has 7 heteroatoms. The van der Waals surface area contributed by atoms with Gasteiger partial charge in [-0.1, -0.05) is 22.5 Å². The van der Waals surface area contributed by atoms with Gasteiger partial charge in [0.2, 0.25) is 0 Å². The van der Waals surface area contributed by atoms with E-state index in [1.54, 1.807) is 27.8 Å². The Bertz CT molecular complexity index is 496. The molecule has 1 aromatic heterocycles. The smallest absolute Gasteiger partial charge is 0.407 e. The van der Waals surface area contributed by atoms with E-state index in [-0.39, 0.29) is 6.54 Å². The van der Waals surface area contributed by atoms with Gasteiger partial charge in [0.15, 0.2) is 0 Å². The largest absolute Gasteiger partial charge is 0.444 e. The van der Waals surface area contributed by atoms with E-state index < -0.39 is 11.7 Å². The average molecular weight is 315 g/mol. The van der Waals surface area contributed by atoms with Crippen molar-refractivity contribution in [1.29, 1.82) is 0 Å². The molecule has 0 saturated heterocycles. The highest BCUT2D eigenvalue weighted by molar-refractivity contribution is 9.10. The topological polar surface area (TPSA) is 60.5 Å². The summed E-state index contributed by atoms with van der Waals surface area (Å²) in [5, 5.41) is 6.73. The Balaban J connectivity index is 2.65. The number of aromatic nitrogens is 2. The molecule has 1 rings (SSSR count). The van der Waals surface area contributed by atoms with Crippen LogP contribution in [0.2, 0.25) is 0 Å². The van der Waals surface area contributed by atoms with Crippen LogP contribution in [0.25, 0.3) is 4.85 Å². The molecule has 18 heavy (non-hydrogen) atoms. The summed E-state index contributed by atoms with van der Waals surface area (Å²) in [5.74, 6) is 0.399. The third-order valence-electron chi connectivity index (χ3n) is 1.93. The molecule has 0 aromatic carbocycles. The molecule has 0 aliphatic carbocycles. The van der Waals surface area contributed by atoms with Gasteiger partial charge in [-0.05, 0) is 20.8 Å². The minimum Gasteiger partial charge on any atom is -0.444 e. The van der Waals surface area contributed by atoms with Crippen LogP contribution in [-0.4, -0.2) is 21.5 Å². The molecule has 6 nitrogen and oxygen atoms in total. The van der Waals surface area contributed by atoms with Crippen molar-refractivity contribution in [1.82, 2.24) is 15.1 Å². The Morgan fingerprint density at radius 3 is 2.67 bits per heavy atom. The Morgan fingerprint density at radius 2 is 2.22 bits per heavy atom. The molecule has 0 atom stereocenters. The summed E-state index contributed by atoms with van der Waals surface area (Å²) in [6.07, 6.45) is -0.510. The zero-order valence-electron chi connectivity index (χ0n) is 10.7. The van der Waals surface area contributed by atoms with Gasteiger partial charge in [0, 0.05) is 0 Å². The number of carbonyl (C=O) groups is 1. The quantitative estimate of drug-likeness (QED) is 0.854. The monoisotopic (exact) mass is 314 g/mol. The normalized spacial score (nSPS) is 10.9. The standard InChI is InChI=1S/C11H15BrN4O2/c1-11(2,3)18-10(17)14-6-7-8(12)9(13-4)16(5)15-7/h6H2,1-3,5H3,(H,14,17). The predicted molar refractivity (Wildman–Crippen MR) is 70.2 cm³/mol. The lowest BCUT2D eigenvalue weighted by atomic mass is 10.2. The second kappa shape index (κ2) is 5.40. The van der Waals surface area contributed by atoms with E-state index in [0.717, 1.165) is 0 Å². The number of aryl methyl sites for hydroxylation is 1. The minimum absolute atomic E-state index is 0.207. The second-order valence-corrected chi connectivity index (χ2v) is 5.47. The molecule has 0 saturated carbocycles. The number of alkyl carbamates (subject to hydrolysis) is 1. The maximum Gasteiger partial charge on any atom is 0.407 e. The minimum atomic E-state index is -0.535. The molecule has 0 aliphatic rings. The van der Waals surface area contributed by atoms with E-state index in [4.69, 9.17) is 11.3 Å². The van der Waals surface area contributed by atoms with Gasteiger partial charge in [-0.15, -0.1) is 5.10 Å². The first kappa shape index (κ1) is 14.5. The molecule has 1 heterocycles. The van der Waals surface area contributed by atoms with Crippen LogP contribution in [0.15, 0.2) is 4.47 Å². The Kier molecular flexibility index (Phi) is 4.35. The number of nitrogens with zero attached hydrogens (tertiary/aromatic N) is 3. The number of rotatable bonds is 2. The molecule has 0 bridgehead atoms. The summed E-state index contributed by atoms with van der Waals surface area (Å²) in [4.78, 5) is 14.8. The fourth-order valence-corrected chi connectivity index (χ4v) is 1.81. The summed E-state index contributed by atoms with van der Waals surface area (Å²) in [7, 11) is 1.68. The number of ether oxygens (including phenoxy) is 1. The first-order chi connectivity index (χ1) is 8.24. The molecular weight excluding hydrogens is 300 g/mol. The van der Waals surface area contributed by atoms with Gasteiger partial charge in [-0.3, -0.25) is 0 Å². The van der Waals surface area contributed by atoms with Crippen molar-refractivity contribution < 1.29 is 9.53 Å². The van der Waals surface area contributed by atoms with Crippen LogP contribution in [0.3, 0.4) is 0 Å². The second-order valence-electron chi connectivity index (χ2n) is 4.68. The van der Waals surface area contributed by atoms with Crippen LogP contribution < -0.4 is 5.32 Å². The van der Waals surface area contributed by atoms with Crippen molar-refractivity contribution in [3.05, 3.63) is 21.6 Å². The van der Waals surface area contributed by atoms with E-state index >= 15 is 0 Å². The average Bonchev–Trinajstić information content (AvgIpc) is 2.48. The first-order valence-electron chi connectivity index (χ1n) is 5.30. The summed E-state index contributed by atoms with van der Waals surface area (Å²) < 4.78 is 7.16. The maximum atomic E-state index is 11.5. The number of hydrogen-bond donors (Lipinski definition) is 1. The lowest BCUT2D eigenvalue weighted by Gasteiger charge is -2.19. The summed E-state index contributed by atoms with van der Waals surface area (Å²) in [6.45, 7) is 12.6. The van der Waals surface area contributed by atoms with E-state index in [9.17, 15) is 4.79 Å². The van der Waals surface area contributed by atoms with Crippen LogP contribution in [0.4, 0.5) is 10.6 Å². The van der Waals surface area contributed by atoms with Gasteiger partial charge in [0.1, 0.15) is 11.3 Å². The van der Waals surface area contributed by atoms with Crippen LogP contribution in [-0.2, 0) is 18.3 Å². The van der Waals surface area contributed by atoms with Gasteiger partial charge in [0.05, 0.1) is 18.1 Å². The Morgan fingerprint density at radius 1 is 1.61 bits per heavy atom. The van der Waals surface area contributed by atoms with Gasteiger partial charge < -0.3 is 14.9 Å². The zero-order valence-corrected chi connectivity index (χ0v) is 12.3. The van der Waals surface area contributed by atoms with Crippen molar-refractivity contribution in [2.24, 2.45) is 7.05 Å². The highest BCUT2D eigenvalue weighted by Gasteiger charge is 2.18. The fourth-order valence-electron chi connectivity index (χ4n) is 1.25. The van der Waals surface area contributed by atoms with Crippen LogP contribution in [0.5, 0.6) is 0 Å². The lowest BCUT2D eigenvalue weighted by Crippen LogP contribution is -2.32. The highest BCUT2D eigenvalue weighted by Crippen LogP contribution is 2.28. The third kappa shape index (κ3) is 3.74. The summed E-state index contributed by atoms with van der Waals surface area (Å²) in [5.41, 5.74) is 0.0574. The van der Waals surface area contributed by atoms with E-state index in [0.29, 0.717) is 16.0 Å². The molecule has 0 aliphatic heterocycles. The summed E-state index contributed by atoms with van der Waals surface area (Å²) in [6, 6.07) is 0. The lowest BCUT2D eigenvalue weighted by molar-refractivity contribution is 0.0522. The number of carbonyl (C=O) groups excluding carboxylic acids is 1. The van der Waals surface area contributed by atoms with Gasteiger partial charge >= 0.3 is 6.09 Å². The van der Waals surface area contributed by atoms with Gasteiger partial charge in [-0.2, -0.15) is 4.68 Å². The van der Waals surface area contributed by atoms with E-state index in [1.165, 1.54) is 4.68 Å². The molecule has 0 unspecified atom stereocenters. The zero-order chi connectivity index (χ0) is 13.9. The molecular formula is C11H15BrN4O2. The van der Waals surface area contributed by atoms with Crippen molar-refractivity contribution in [3.8, 4) is 0 Å². The molecule has 0 spiro atoms. The summed E-state index contributed by atoms with van der Waals surface area (Å²) >= 11 is 3.28. The molecule has 0 fully saturated rings. The van der Waals surface area contributed by atoms with Crippen molar-refractivity contribution in [2.45, 2.75) is 32.9 Å². The molecule has 1 amide bonds. The third-order valence-corrected chi connectivity index (χ3v) is 2.74.